The fraction of sp³-hybridized carbons (Fsp3) is 0.294. The van der Waals surface area contributed by atoms with E-state index in [0.29, 0.717) is 19.6 Å². The third kappa shape index (κ3) is 3.97. The second kappa shape index (κ2) is 7.11. The smallest absolute Gasteiger partial charge is 0.120 e. The van der Waals surface area contributed by atoms with Gasteiger partial charge in [0.05, 0.1) is 0 Å². The predicted molar refractivity (Wildman–Crippen MR) is 84.0 cm³/mol. The van der Waals surface area contributed by atoms with E-state index in [4.69, 9.17) is 5.73 Å². The van der Waals surface area contributed by atoms with Gasteiger partial charge >= 0.3 is 0 Å². The Balaban J connectivity index is 2.19. The molecular formula is C17H22N2O2. The van der Waals surface area contributed by atoms with Crippen LogP contribution in [0.2, 0.25) is 0 Å². The van der Waals surface area contributed by atoms with Crippen LogP contribution in [-0.4, -0.2) is 27.7 Å². The first kappa shape index (κ1) is 15.4. The van der Waals surface area contributed by atoms with Crippen molar-refractivity contribution < 1.29 is 10.2 Å². The molecule has 0 aliphatic rings. The lowest BCUT2D eigenvalue weighted by atomic mass is 10.1. The maximum atomic E-state index is 9.93. The van der Waals surface area contributed by atoms with Gasteiger partial charge in [0.1, 0.15) is 11.5 Å². The van der Waals surface area contributed by atoms with E-state index in [1.165, 1.54) is 0 Å². The van der Waals surface area contributed by atoms with E-state index in [-0.39, 0.29) is 17.5 Å². The van der Waals surface area contributed by atoms with Gasteiger partial charge in [-0.3, -0.25) is 4.90 Å². The summed E-state index contributed by atoms with van der Waals surface area (Å²) >= 11 is 0. The average Bonchev–Trinajstić information content (AvgIpc) is 2.50. The third-order valence-electron chi connectivity index (χ3n) is 3.69. The topological polar surface area (TPSA) is 69.7 Å². The van der Waals surface area contributed by atoms with Crippen LogP contribution in [0.15, 0.2) is 48.5 Å². The summed E-state index contributed by atoms with van der Waals surface area (Å²) in [7, 11) is 0. The second-order valence-electron chi connectivity index (χ2n) is 5.25. The first-order valence-electron chi connectivity index (χ1n) is 7.09. The minimum absolute atomic E-state index is 0.143. The highest BCUT2D eigenvalue weighted by molar-refractivity contribution is 5.33. The number of hydrogen-bond acceptors (Lipinski definition) is 4. The number of rotatable bonds is 6. The van der Waals surface area contributed by atoms with Gasteiger partial charge in [0.2, 0.25) is 0 Å². The fourth-order valence-electron chi connectivity index (χ4n) is 2.24. The largest absolute Gasteiger partial charge is 0.508 e. The van der Waals surface area contributed by atoms with Crippen LogP contribution in [0.4, 0.5) is 0 Å². The SMILES string of the molecule is CC(CN)N(Cc1ccccc1O)Cc1ccccc1O. The Morgan fingerprint density at radius 2 is 1.33 bits per heavy atom. The first-order chi connectivity index (χ1) is 10.1. The van der Waals surface area contributed by atoms with E-state index in [2.05, 4.69) is 4.90 Å². The van der Waals surface area contributed by atoms with Gasteiger partial charge < -0.3 is 15.9 Å². The Morgan fingerprint density at radius 1 is 0.905 bits per heavy atom. The normalized spacial score (nSPS) is 12.5. The summed E-state index contributed by atoms with van der Waals surface area (Å²) in [5.74, 6) is 0.563. The summed E-state index contributed by atoms with van der Waals surface area (Å²) in [6.45, 7) is 3.72. The molecular weight excluding hydrogens is 264 g/mol. The van der Waals surface area contributed by atoms with Gasteiger partial charge in [-0.15, -0.1) is 0 Å². The molecule has 0 heterocycles. The maximum Gasteiger partial charge on any atom is 0.120 e. The molecule has 4 nitrogen and oxygen atoms in total. The van der Waals surface area contributed by atoms with Gasteiger partial charge in [0.25, 0.3) is 0 Å². The molecule has 4 N–H and O–H groups in total. The van der Waals surface area contributed by atoms with Crippen molar-refractivity contribution in [3.05, 3.63) is 59.7 Å². The van der Waals surface area contributed by atoms with Gasteiger partial charge in [0, 0.05) is 36.8 Å². The van der Waals surface area contributed by atoms with E-state index in [9.17, 15) is 10.2 Å². The summed E-state index contributed by atoms with van der Waals surface area (Å²) in [5.41, 5.74) is 7.50. The molecule has 2 aromatic rings. The van der Waals surface area contributed by atoms with Gasteiger partial charge in [0.15, 0.2) is 0 Å². The Bertz CT molecular complexity index is 539. The summed E-state index contributed by atoms with van der Waals surface area (Å²) in [6.07, 6.45) is 0. The standard InChI is InChI=1S/C17H22N2O2/c1-13(10-18)19(11-14-6-2-4-8-16(14)20)12-15-7-3-5-9-17(15)21/h2-9,13,20-21H,10-12,18H2,1H3. The summed E-state index contributed by atoms with van der Waals surface area (Å²) in [5, 5.41) is 19.9. The molecule has 0 aromatic heterocycles. The molecule has 0 spiro atoms. The van der Waals surface area contributed by atoms with Crippen LogP contribution >= 0.6 is 0 Å². The van der Waals surface area contributed by atoms with Gasteiger partial charge in [-0.1, -0.05) is 36.4 Å². The Kier molecular flexibility index (Phi) is 5.20. The van der Waals surface area contributed by atoms with Crippen molar-refractivity contribution in [3.63, 3.8) is 0 Å². The number of benzene rings is 2. The molecule has 1 atom stereocenters. The molecule has 0 radical (unpaired) electrons. The fourth-order valence-corrected chi connectivity index (χ4v) is 2.24. The molecule has 0 aliphatic carbocycles. The van der Waals surface area contributed by atoms with Crippen LogP contribution in [-0.2, 0) is 13.1 Å². The quantitative estimate of drug-likeness (QED) is 0.763. The average molecular weight is 286 g/mol. The molecule has 0 fully saturated rings. The molecule has 4 heteroatoms. The molecule has 0 aliphatic heterocycles. The van der Waals surface area contributed by atoms with E-state index in [1.54, 1.807) is 24.3 Å². The monoisotopic (exact) mass is 286 g/mol. The van der Waals surface area contributed by atoms with Crippen LogP contribution in [0.3, 0.4) is 0 Å². The summed E-state index contributed by atoms with van der Waals surface area (Å²) in [4.78, 5) is 2.14. The molecule has 0 saturated carbocycles. The lowest BCUT2D eigenvalue weighted by Gasteiger charge is -2.28. The third-order valence-corrected chi connectivity index (χ3v) is 3.69. The van der Waals surface area contributed by atoms with Crippen molar-refractivity contribution in [1.82, 2.24) is 4.90 Å². The Hall–Kier alpha value is -2.04. The number of aromatic hydroxyl groups is 2. The van der Waals surface area contributed by atoms with Gasteiger partial charge in [-0.2, -0.15) is 0 Å². The van der Waals surface area contributed by atoms with E-state index in [0.717, 1.165) is 11.1 Å². The van der Waals surface area contributed by atoms with Crippen molar-refractivity contribution in [1.29, 1.82) is 0 Å². The molecule has 2 rings (SSSR count). The van der Waals surface area contributed by atoms with Crippen molar-refractivity contribution in [2.45, 2.75) is 26.1 Å². The van der Waals surface area contributed by atoms with Gasteiger partial charge in [-0.25, -0.2) is 0 Å². The minimum Gasteiger partial charge on any atom is -0.508 e. The van der Waals surface area contributed by atoms with Crippen LogP contribution in [0.5, 0.6) is 11.5 Å². The van der Waals surface area contributed by atoms with Crippen molar-refractivity contribution in [2.24, 2.45) is 5.73 Å². The number of nitrogens with zero attached hydrogens (tertiary/aromatic N) is 1. The van der Waals surface area contributed by atoms with E-state index in [1.807, 2.05) is 31.2 Å². The number of phenolic OH excluding ortho intramolecular Hbond substituents is 2. The number of hydrogen-bond donors (Lipinski definition) is 3. The predicted octanol–water partition coefficient (Wildman–Crippen LogP) is 2.45. The van der Waals surface area contributed by atoms with Crippen LogP contribution in [0, 0.1) is 0 Å². The van der Waals surface area contributed by atoms with Crippen LogP contribution < -0.4 is 5.73 Å². The first-order valence-corrected chi connectivity index (χ1v) is 7.09. The molecule has 1 unspecified atom stereocenters. The zero-order valence-electron chi connectivity index (χ0n) is 12.2. The summed E-state index contributed by atoms with van der Waals surface area (Å²) < 4.78 is 0. The number of para-hydroxylation sites is 2. The van der Waals surface area contributed by atoms with Crippen molar-refractivity contribution >= 4 is 0 Å². The Morgan fingerprint density at radius 3 is 1.71 bits per heavy atom. The lowest BCUT2D eigenvalue weighted by Crippen LogP contribution is -2.37. The molecule has 0 saturated heterocycles. The maximum absolute atomic E-state index is 9.93. The zero-order valence-corrected chi connectivity index (χ0v) is 12.2. The van der Waals surface area contributed by atoms with Crippen molar-refractivity contribution in [3.8, 4) is 11.5 Å². The number of phenols is 2. The van der Waals surface area contributed by atoms with Crippen molar-refractivity contribution in [2.75, 3.05) is 6.54 Å². The van der Waals surface area contributed by atoms with Gasteiger partial charge in [-0.05, 0) is 19.1 Å². The molecule has 21 heavy (non-hydrogen) atoms. The highest BCUT2D eigenvalue weighted by Crippen LogP contribution is 2.23. The highest BCUT2D eigenvalue weighted by Gasteiger charge is 2.16. The second-order valence-corrected chi connectivity index (χ2v) is 5.25. The minimum atomic E-state index is 0.143. The highest BCUT2D eigenvalue weighted by atomic mass is 16.3. The van der Waals surface area contributed by atoms with E-state index < -0.39 is 0 Å². The molecule has 0 bridgehead atoms. The van der Waals surface area contributed by atoms with Crippen LogP contribution in [0.25, 0.3) is 0 Å². The summed E-state index contributed by atoms with van der Waals surface area (Å²) in [6, 6.07) is 14.7. The Labute approximate surface area is 125 Å². The molecule has 2 aromatic carbocycles. The van der Waals surface area contributed by atoms with Crippen LogP contribution in [0.1, 0.15) is 18.1 Å². The molecule has 0 amide bonds. The zero-order chi connectivity index (χ0) is 15.2. The van der Waals surface area contributed by atoms with E-state index >= 15 is 0 Å². The number of nitrogens with two attached hydrogens (primary N) is 1. The lowest BCUT2D eigenvalue weighted by molar-refractivity contribution is 0.191. The molecule has 112 valence electrons.